The molecule has 0 saturated carbocycles. The number of esters is 1. The van der Waals surface area contributed by atoms with Crippen LogP contribution in [-0.2, 0) is 15.1 Å². The fourth-order valence-corrected chi connectivity index (χ4v) is 5.67. The summed E-state index contributed by atoms with van der Waals surface area (Å²) in [6.07, 6.45) is -1.94. The molecule has 0 amide bonds. The second kappa shape index (κ2) is 13.8. The van der Waals surface area contributed by atoms with Crippen molar-refractivity contribution in [3.63, 3.8) is 0 Å². The zero-order valence-electron chi connectivity index (χ0n) is 24.1. The summed E-state index contributed by atoms with van der Waals surface area (Å²) in [5.41, 5.74) is -0.398. The fraction of sp³-hybridized carbons (Fsp3) is 0.235. The van der Waals surface area contributed by atoms with Crippen LogP contribution in [0.4, 0.5) is 13.2 Å². The Morgan fingerprint density at radius 3 is 2.27 bits per heavy atom. The van der Waals surface area contributed by atoms with Crippen molar-refractivity contribution >= 4 is 35.2 Å². The van der Waals surface area contributed by atoms with Crippen molar-refractivity contribution in [3.8, 4) is 5.75 Å². The lowest BCUT2D eigenvalue weighted by Gasteiger charge is -2.37. The Morgan fingerprint density at radius 2 is 1.68 bits per heavy atom. The molecule has 4 aromatic rings. The monoisotopic (exact) mass is 643 g/mol. The number of nitrogens with zero attached hydrogens (tertiary/aromatic N) is 1. The molecule has 0 spiro atoms. The number of fused-ring (bicyclic) bond motifs is 1. The lowest BCUT2D eigenvalue weighted by molar-refractivity contribution is -0.274. The van der Waals surface area contributed by atoms with Crippen LogP contribution in [0.15, 0.2) is 96.9 Å². The van der Waals surface area contributed by atoms with E-state index in [1.54, 1.807) is 13.0 Å². The van der Waals surface area contributed by atoms with E-state index in [1.807, 2.05) is 60.7 Å². The number of aromatic nitrogens is 1. The molecule has 1 aromatic heterocycles. The molecule has 1 aliphatic carbocycles. The van der Waals surface area contributed by atoms with Crippen molar-refractivity contribution in [1.82, 2.24) is 4.98 Å². The highest BCUT2D eigenvalue weighted by molar-refractivity contribution is 6.31. The van der Waals surface area contributed by atoms with Gasteiger partial charge in [0.15, 0.2) is 5.60 Å². The van der Waals surface area contributed by atoms with Gasteiger partial charge >= 0.3 is 12.1 Å². The van der Waals surface area contributed by atoms with E-state index in [2.05, 4.69) is 9.72 Å². The van der Waals surface area contributed by atoms with Crippen molar-refractivity contribution in [1.29, 1.82) is 0 Å². The van der Waals surface area contributed by atoms with Crippen LogP contribution in [0.3, 0.4) is 0 Å². The summed E-state index contributed by atoms with van der Waals surface area (Å²) in [5, 5.41) is 10.9. The van der Waals surface area contributed by atoms with Gasteiger partial charge in [-0.15, -0.1) is 0 Å². The fourth-order valence-electron chi connectivity index (χ4n) is 5.16. The molecule has 0 saturated heterocycles. The van der Waals surface area contributed by atoms with Gasteiger partial charge in [-0.25, -0.2) is 4.98 Å². The molecule has 5 rings (SSSR count). The predicted octanol–water partition coefficient (Wildman–Crippen LogP) is 9.08. The maximum Gasteiger partial charge on any atom is 0.422 e. The van der Waals surface area contributed by atoms with E-state index < -0.39 is 23.3 Å². The molecule has 44 heavy (non-hydrogen) atoms. The molecule has 230 valence electrons. The minimum absolute atomic E-state index is 0.0326. The van der Waals surface area contributed by atoms with Gasteiger partial charge in [0.2, 0.25) is 0 Å². The van der Waals surface area contributed by atoms with Crippen LogP contribution >= 0.6 is 23.2 Å². The van der Waals surface area contributed by atoms with E-state index >= 15 is 0 Å². The van der Waals surface area contributed by atoms with Gasteiger partial charge < -0.3 is 14.6 Å². The average molecular weight is 645 g/mol. The summed E-state index contributed by atoms with van der Waals surface area (Å²) in [4.78, 5) is 13.5. The maximum atomic E-state index is 14.3. The molecule has 10 heteroatoms. The van der Waals surface area contributed by atoms with Crippen LogP contribution in [-0.4, -0.2) is 28.8 Å². The summed E-state index contributed by atoms with van der Waals surface area (Å²) in [7, 11) is 0. The molecule has 3 atom stereocenters. The Hall–Kier alpha value is -3.85. The smallest absolute Gasteiger partial charge is 0.422 e. The number of rotatable bonds is 7. The number of allylic oxidation sites excluding steroid dienone is 1. The molecule has 1 N–H and O–H groups in total. The first-order valence-electron chi connectivity index (χ1n) is 13.7. The lowest BCUT2D eigenvalue weighted by Crippen LogP contribution is -2.46. The molecular weight excluding hydrogens is 614 g/mol. The van der Waals surface area contributed by atoms with Gasteiger partial charge in [0, 0.05) is 24.1 Å². The average Bonchev–Trinajstić information content (AvgIpc) is 3.34. The van der Waals surface area contributed by atoms with Crippen molar-refractivity contribution in [2.75, 3.05) is 6.61 Å². The summed E-state index contributed by atoms with van der Waals surface area (Å²) >= 11 is 12.3. The van der Waals surface area contributed by atoms with Gasteiger partial charge in [0.25, 0.3) is 0 Å². The third-order valence-electron chi connectivity index (χ3n) is 7.27. The molecule has 1 aliphatic rings. The van der Waals surface area contributed by atoms with E-state index in [0.29, 0.717) is 18.1 Å². The van der Waals surface area contributed by atoms with Crippen LogP contribution in [0.25, 0.3) is 6.08 Å². The van der Waals surface area contributed by atoms with Gasteiger partial charge in [-0.3, -0.25) is 4.79 Å². The first-order chi connectivity index (χ1) is 20.9. The van der Waals surface area contributed by atoms with Gasteiger partial charge in [-0.2, -0.15) is 13.2 Å². The van der Waals surface area contributed by atoms with Crippen molar-refractivity contribution in [2.45, 2.75) is 44.4 Å². The zero-order valence-corrected chi connectivity index (χ0v) is 25.6. The first-order valence-corrected chi connectivity index (χ1v) is 14.5. The Kier molecular flexibility index (Phi) is 10.4. The molecule has 3 unspecified atom stereocenters. The van der Waals surface area contributed by atoms with Crippen LogP contribution in [0.1, 0.15) is 60.4 Å². The second-order valence-corrected chi connectivity index (χ2v) is 10.9. The number of carbonyl (C=O) groups is 1. The normalized spacial score (nSPS) is 16.0. The number of carbonyl (C=O) groups excluding carboxylic acids is 1. The van der Waals surface area contributed by atoms with E-state index in [-0.39, 0.29) is 27.6 Å². The van der Waals surface area contributed by atoms with Crippen molar-refractivity contribution in [2.24, 2.45) is 0 Å². The maximum absolute atomic E-state index is 14.3. The van der Waals surface area contributed by atoms with Crippen LogP contribution in [0.2, 0.25) is 10.2 Å². The summed E-state index contributed by atoms with van der Waals surface area (Å²) in [6, 6.07) is 24.4. The van der Waals surface area contributed by atoms with Crippen molar-refractivity contribution < 1.29 is 32.5 Å². The number of benzene rings is 3. The Morgan fingerprint density at radius 1 is 1.00 bits per heavy atom. The third kappa shape index (κ3) is 7.09. The first kappa shape index (κ1) is 33.1. The Balaban J connectivity index is 0.000000670. The predicted molar refractivity (Wildman–Crippen MR) is 165 cm³/mol. The lowest BCUT2D eigenvalue weighted by atomic mass is 9.78. The molecule has 0 bridgehead atoms. The topological polar surface area (TPSA) is 68.7 Å². The van der Waals surface area contributed by atoms with E-state index in [9.17, 15) is 23.1 Å². The zero-order chi connectivity index (χ0) is 32.1. The van der Waals surface area contributed by atoms with Crippen LogP contribution in [0, 0.1) is 0 Å². The summed E-state index contributed by atoms with van der Waals surface area (Å²) in [6.45, 7) is 4.92. The standard InChI is InChI=1S/C30H22Cl2F3NO2.C4H8O2/c1-18(29(37,30(33,34)35)21-13-14-36-27(32)16-21)23-12-11-22(17-25(23)31)38-26-15-20-9-5-6-10-24(20)28(26)19-7-3-2-4-8-19;1-3-6-4(2)5/h2-18,28,37H,1H3;3H2,1-2H3. The van der Waals surface area contributed by atoms with Gasteiger partial charge in [0.05, 0.1) is 12.5 Å². The Labute approximate surface area is 263 Å². The summed E-state index contributed by atoms with van der Waals surface area (Å²) in [5.74, 6) is -0.774. The quantitative estimate of drug-likeness (QED) is 0.161. The van der Waals surface area contributed by atoms with E-state index in [1.165, 1.54) is 26.0 Å². The molecule has 1 heterocycles. The van der Waals surface area contributed by atoms with Crippen LogP contribution < -0.4 is 4.74 Å². The number of ether oxygens (including phenoxy) is 2. The number of hydrogen-bond acceptors (Lipinski definition) is 5. The molecule has 0 aliphatic heterocycles. The minimum atomic E-state index is -5.01. The highest BCUT2D eigenvalue weighted by atomic mass is 35.5. The highest BCUT2D eigenvalue weighted by Gasteiger charge is 2.59. The molecule has 3 aromatic carbocycles. The molecule has 5 nitrogen and oxygen atoms in total. The largest absolute Gasteiger partial charge is 0.466 e. The highest BCUT2D eigenvalue weighted by Crippen LogP contribution is 2.50. The number of aliphatic hydroxyl groups is 1. The van der Waals surface area contributed by atoms with E-state index in [0.717, 1.165) is 35.0 Å². The number of alkyl halides is 3. The number of hydrogen-bond donors (Lipinski definition) is 1. The molecule has 0 fully saturated rings. The molecule has 0 radical (unpaired) electrons. The van der Waals surface area contributed by atoms with Gasteiger partial charge in [0.1, 0.15) is 16.7 Å². The van der Waals surface area contributed by atoms with Crippen molar-refractivity contribution in [3.05, 3.63) is 135 Å². The SMILES string of the molecule is CC(c1ccc(OC2=Cc3ccccc3C2c2ccccc2)cc1Cl)C(O)(c1ccnc(Cl)c1)C(F)(F)F.CCOC(C)=O. The molecular formula is C34H30Cl2F3NO4. The Bertz CT molecular complexity index is 1650. The third-order valence-corrected chi connectivity index (χ3v) is 7.80. The number of pyridine rings is 1. The second-order valence-electron chi connectivity index (χ2n) is 10.1. The van der Waals surface area contributed by atoms with Gasteiger partial charge in [-0.05, 0) is 65.1 Å². The summed E-state index contributed by atoms with van der Waals surface area (Å²) < 4.78 is 53.5. The van der Waals surface area contributed by atoms with Gasteiger partial charge in [-0.1, -0.05) is 90.8 Å². The number of halogens is 5. The van der Waals surface area contributed by atoms with E-state index in [4.69, 9.17) is 27.9 Å². The van der Waals surface area contributed by atoms with Crippen LogP contribution in [0.5, 0.6) is 5.75 Å². The minimum Gasteiger partial charge on any atom is -0.466 e.